The van der Waals surface area contributed by atoms with Crippen LogP contribution in [0, 0.1) is 8.99 Å². The first kappa shape index (κ1) is 9.96. The van der Waals surface area contributed by atoms with Gasteiger partial charge in [-0.25, -0.2) is 0 Å². The molecule has 1 aromatic heterocycles. The van der Waals surface area contributed by atoms with Crippen LogP contribution in [0.2, 0.25) is 0 Å². The van der Waals surface area contributed by atoms with Crippen LogP contribution in [0.25, 0.3) is 0 Å². The number of halogens is 1. The van der Waals surface area contributed by atoms with Gasteiger partial charge in [-0.2, -0.15) is 0 Å². The fourth-order valence-corrected chi connectivity index (χ4v) is 1.73. The second kappa shape index (κ2) is 3.73. The predicted molar refractivity (Wildman–Crippen MR) is 60.1 cm³/mol. The molecule has 0 aliphatic rings. The van der Waals surface area contributed by atoms with E-state index in [0.29, 0.717) is 5.41 Å². The maximum atomic E-state index is 4.16. The topological polar surface area (TPSA) is 12.9 Å². The molecule has 1 rings (SSSR count). The van der Waals surface area contributed by atoms with Crippen molar-refractivity contribution in [3.63, 3.8) is 0 Å². The molecule has 0 amide bonds. The molecule has 0 bridgehead atoms. The lowest BCUT2D eigenvalue weighted by atomic mass is 9.89. The number of nitrogens with zero attached hydrogens (tertiary/aromatic N) is 1. The van der Waals surface area contributed by atoms with E-state index in [1.54, 1.807) is 0 Å². The minimum Gasteiger partial charge on any atom is -0.263 e. The normalized spacial score (nSPS) is 11.7. The Labute approximate surface area is 87.7 Å². The van der Waals surface area contributed by atoms with Gasteiger partial charge in [-0.1, -0.05) is 20.8 Å². The van der Waals surface area contributed by atoms with Gasteiger partial charge in [0.2, 0.25) is 0 Å². The lowest BCUT2D eigenvalue weighted by Crippen LogP contribution is -2.09. The second-order valence-electron chi connectivity index (χ2n) is 4.25. The van der Waals surface area contributed by atoms with Crippen LogP contribution < -0.4 is 0 Å². The monoisotopic (exact) mass is 275 g/mol. The molecule has 0 atom stereocenters. The molecule has 0 spiro atoms. The Hall–Kier alpha value is -0.120. The molecule has 0 unspecified atom stereocenters. The molecule has 0 saturated carbocycles. The minimum absolute atomic E-state index is 0.353. The van der Waals surface area contributed by atoms with Crippen molar-refractivity contribution < 1.29 is 0 Å². The predicted octanol–water partition coefficient (Wildman–Crippen LogP) is 3.27. The summed E-state index contributed by atoms with van der Waals surface area (Å²) < 4.78 is 1.22. The lowest BCUT2D eigenvalue weighted by molar-refractivity contribution is 0.410. The molecule has 1 aromatic rings. The summed E-state index contributed by atoms with van der Waals surface area (Å²) >= 11 is 2.29. The highest BCUT2D eigenvalue weighted by Crippen LogP contribution is 2.20. The first-order valence-electron chi connectivity index (χ1n) is 4.07. The summed E-state index contributed by atoms with van der Waals surface area (Å²) in [6, 6.07) is 2.19. The van der Waals surface area contributed by atoms with Crippen LogP contribution in [0.4, 0.5) is 0 Å². The Morgan fingerprint density at radius 1 is 1.33 bits per heavy atom. The van der Waals surface area contributed by atoms with E-state index < -0.39 is 0 Å². The molecular formula is C10H14IN. The largest absolute Gasteiger partial charge is 0.263 e. The third-order valence-electron chi connectivity index (χ3n) is 1.50. The summed E-state index contributed by atoms with van der Waals surface area (Å²) in [6.45, 7) is 6.73. The van der Waals surface area contributed by atoms with Crippen molar-refractivity contribution in [2.75, 3.05) is 0 Å². The zero-order valence-corrected chi connectivity index (χ0v) is 9.92. The lowest BCUT2D eigenvalue weighted by Gasteiger charge is -2.17. The summed E-state index contributed by atoms with van der Waals surface area (Å²) in [4.78, 5) is 4.16. The molecule has 0 aromatic carbocycles. The van der Waals surface area contributed by atoms with Crippen molar-refractivity contribution in [3.05, 3.63) is 27.6 Å². The average Bonchev–Trinajstić information content (AvgIpc) is 1.82. The van der Waals surface area contributed by atoms with Crippen LogP contribution in [0.1, 0.15) is 26.3 Å². The summed E-state index contributed by atoms with van der Waals surface area (Å²) in [5.74, 6) is 0. The summed E-state index contributed by atoms with van der Waals surface area (Å²) in [5.41, 5.74) is 1.68. The Morgan fingerprint density at radius 2 is 2.00 bits per heavy atom. The zero-order valence-electron chi connectivity index (χ0n) is 7.76. The molecule has 12 heavy (non-hydrogen) atoms. The molecule has 0 N–H and O–H groups in total. The SMILES string of the molecule is CC(C)(C)Cc1cncc(I)c1. The summed E-state index contributed by atoms with van der Waals surface area (Å²) in [6.07, 6.45) is 4.93. The van der Waals surface area contributed by atoms with Gasteiger partial charge < -0.3 is 0 Å². The average molecular weight is 275 g/mol. The third-order valence-corrected chi connectivity index (χ3v) is 2.09. The fraction of sp³-hybridized carbons (Fsp3) is 0.500. The molecule has 1 heterocycles. The Morgan fingerprint density at radius 3 is 2.50 bits per heavy atom. The quantitative estimate of drug-likeness (QED) is 0.717. The molecule has 0 aliphatic carbocycles. The number of rotatable bonds is 1. The van der Waals surface area contributed by atoms with Gasteiger partial charge in [-0.3, -0.25) is 4.98 Å². The van der Waals surface area contributed by atoms with Crippen LogP contribution in [0.3, 0.4) is 0 Å². The maximum absolute atomic E-state index is 4.16. The van der Waals surface area contributed by atoms with E-state index in [-0.39, 0.29) is 0 Å². The zero-order chi connectivity index (χ0) is 9.19. The van der Waals surface area contributed by atoms with E-state index in [9.17, 15) is 0 Å². The molecule has 0 fully saturated rings. The van der Waals surface area contributed by atoms with E-state index in [0.717, 1.165) is 6.42 Å². The number of aromatic nitrogens is 1. The molecular weight excluding hydrogens is 261 g/mol. The van der Waals surface area contributed by atoms with Gasteiger partial charge >= 0.3 is 0 Å². The van der Waals surface area contributed by atoms with Gasteiger partial charge in [0, 0.05) is 16.0 Å². The van der Waals surface area contributed by atoms with Crippen molar-refractivity contribution in [2.45, 2.75) is 27.2 Å². The van der Waals surface area contributed by atoms with E-state index in [2.05, 4.69) is 54.4 Å². The molecule has 2 heteroatoms. The highest BCUT2D eigenvalue weighted by molar-refractivity contribution is 14.1. The number of pyridine rings is 1. The van der Waals surface area contributed by atoms with Crippen molar-refractivity contribution in [3.8, 4) is 0 Å². The summed E-state index contributed by atoms with van der Waals surface area (Å²) in [7, 11) is 0. The van der Waals surface area contributed by atoms with Crippen molar-refractivity contribution in [1.29, 1.82) is 0 Å². The molecule has 66 valence electrons. The van der Waals surface area contributed by atoms with Crippen molar-refractivity contribution >= 4 is 22.6 Å². The molecule has 0 saturated heterocycles. The Bertz CT molecular complexity index is 263. The standard InChI is InChI=1S/C10H14IN/c1-10(2,3)5-8-4-9(11)7-12-6-8/h4,6-7H,5H2,1-3H3. The van der Waals surface area contributed by atoms with Gasteiger partial charge in [0.25, 0.3) is 0 Å². The second-order valence-corrected chi connectivity index (χ2v) is 5.49. The van der Waals surface area contributed by atoms with Gasteiger partial charge in [0.05, 0.1) is 0 Å². The van der Waals surface area contributed by atoms with Gasteiger partial charge in [0.1, 0.15) is 0 Å². The number of hydrogen-bond acceptors (Lipinski definition) is 1. The van der Waals surface area contributed by atoms with Gasteiger partial charge in [-0.15, -0.1) is 0 Å². The van der Waals surface area contributed by atoms with Crippen LogP contribution in [-0.2, 0) is 6.42 Å². The van der Waals surface area contributed by atoms with E-state index in [4.69, 9.17) is 0 Å². The van der Waals surface area contributed by atoms with Crippen molar-refractivity contribution in [1.82, 2.24) is 4.98 Å². The van der Waals surface area contributed by atoms with Crippen LogP contribution in [-0.4, -0.2) is 4.98 Å². The Kier molecular flexibility index (Phi) is 3.09. The minimum atomic E-state index is 0.353. The van der Waals surface area contributed by atoms with Crippen LogP contribution >= 0.6 is 22.6 Å². The van der Waals surface area contributed by atoms with Gasteiger partial charge in [0.15, 0.2) is 0 Å². The van der Waals surface area contributed by atoms with Crippen LogP contribution in [0.15, 0.2) is 18.5 Å². The van der Waals surface area contributed by atoms with E-state index in [1.807, 2.05) is 12.4 Å². The number of hydrogen-bond donors (Lipinski definition) is 0. The highest BCUT2D eigenvalue weighted by atomic mass is 127. The Balaban J connectivity index is 2.77. The van der Waals surface area contributed by atoms with E-state index in [1.165, 1.54) is 9.13 Å². The first-order chi connectivity index (χ1) is 5.47. The third kappa shape index (κ3) is 3.52. The van der Waals surface area contributed by atoms with Gasteiger partial charge in [-0.05, 0) is 46.1 Å². The van der Waals surface area contributed by atoms with Crippen LogP contribution in [0.5, 0.6) is 0 Å². The van der Waals surface area contributed by atoms with Crippen molar-refractivity contribution in [2.24, 2.45) is 5.41 Å². The molecule has 0 aliphatic heterocycles. The molecule has 0 radical (unpaired) electrons. The molecule has 1 nitrogen and oxygen atoms in total. The fourth-order valence-electron chi connectivity index (χ4n) is 1.16. The highest BCUT2D eigenvalue weighted by Gasteiger charge is 2.11. The summed E-state index contributed by atoms with van der Waals surface area (Å²) in [5, 5.41) is 0. The van der Waals surface area contributed by atoms with E-state index >= 15 is 0 Å². The maximum Gasteiger partial charge on any atom is 0.0401 e. The first-order valence-corrected chi connectivity index (χ1v) is 5.15. The smallest absolute Gasteiger partial charge is 0.0401 e.